The molecule has 0 amide bonds. The summed E-state index contributed by atoms with van der Waals surface area (Å²) in [5.41, 5.74) is 7.45. The third kappa shape index (κ3) is 3.81. The zero-order chi connectivity index (χ0) is 13.8. The highest BCUT2D eigenvalue weighted by Crippen LogP contribution is 2.23. The largest absolute Gasteiger partial charge is 0.389 e. The molecule has 0 bridgehead atoms. The van der Waals surface area contributed by atoms with Gasteiger partial charge in [0.05, 0.1) is 5.02 Å². The van der Waals surface area contributed by atoms with E-state index in [1.54, 1.807) is 0 Å². The fourth-order valence-corrected chi connectivity index (χ4v) is 2.88. The second-order valence-electron chi connectivity index (χ2n) is 5.00. The topological polar surface area (TPSA) is 32.5 Å². The van der Waals surface area contributed by atoms with Crippen LogP contribution in [-0.4, -0.2) is 43.1 Å². The van der Waals surface area contributed by atoms with Crippen molar-refractivity contribution < 1.29 is 0 Å². The SMILES string of the molecule is CN(CCN1CCCC1)c1ccc(C(N)=S)c(Cl)c1. The second kappa shape index (κ2) is 6.55. The van der Waals surface area contributed by atoms with Gasteiger partial charge in [-0.3, -0.25) is 0 Å². The predicted octanol–water partition coefficient (Wildman–Crippen LogP) is 2.51. The third-order valence-electron chi connectivity index (χ3n) is 3.61. The quantitative estimate of drug-likeness (QED) is 0.847. The minimum absolute atomic E-state index is 0.344. The Hall–Kier alpha value is -0.840. The van der Waals surface area contributed by atoms with E-state index in [9.17, 15) is 0 Å². The van der Waals surface area contributed by atoms with Crippen LogP contribution in [0.4, 0.5) is 5.69 Å². The maximum absolute atomic E-state index is 6.19. The van der Waals surface area contributed by atoms with Crippen molar-refractivity contribution >= 4 is 34.5 Å². The molecule has 2 N–H and O–H groups in total. The molecule has 104 valence electrons. The van der Waals surface area contributed by atoms with Gasteiger partial charge in [0.1, 0.15) is 4.99 Å². The highest BCUT2D eigenvalue weighted by atomic mass is 35.5. The van der Waals surface area contributed by atoms with Gasteiger partial charge in [-0.25, -0.2) is 0 Å². The molecule has 1 aliphatic heterocycles. The molecule has 1 aromatic carbocycles. The van der Waals surface area contributed by atoms with E-state index in [-0.39, 0.29) is 0 Å². The number of benzene rings is 1. The van der Waals surface area contributed by atoms with Gasteiger partial charge in [0.25, 0.3) is 0 Å². The minimum Gasteiger partial charge on any atom is -0.389 e. The molecule has 1 aromatic rings. The van der Waals surface area contributed by atoms with E-state index in [1.165, 1.54) is 25.9 Å². The van der Waals surface area contributed by atoms with Gasteiger partial charge >= 0.3 is 0 Å². The summed E-state index contributed by atoms with van der Waals surface area (Å²) in [5, 5.41) is 0.623. The summed E-state index contributed by atoms with van der Waals surface area (Å²) in [4.78, 5) is 5.06. The summed E-state index contributed by atoms with van der Waals surface area (Å²) in [7, 11) is 2.09. The monoisotopic (exact) mass is 297 g/mol. The van der Waals surface area contributed by atoms with Crippen LogP contribution in [0.1, 0.15) is 18.4 Å². The van der Waals surface area contributed by atoms with Crippen LogP contribution in [0.15, 0.2) is 18.2 Å². The van der Waals surface area contributed by atoms with E-state index in [1.807, 2.05) is 18.2 Å². The minimum atomic E-state index is 0.344. The lowest BCUT2D eigenvalue weighted by molar-refractivity contribution is 0.346. The van der Waals surface area contributed by atoms with Crippen molar-refractivity contribution in [1.29, 1.82) is 0 Å². The smallest absolute Gasteiger partial charge is 0.105 e. The Bertz CT molecular complexity index is 458. The molecule has 0 aliphatic carbocycles. The molecule has 0 unspecified atom stereocenters. The zero-order valence-corrected chi connectivity index (χ0v) is 12.8. The molecule has 0 radical (unpaired) electrons. The van der Waals surface area contributed by atoms with Crippen molar-refractivity contribution in [2.24, 2.45) is 5.73 Å². The van der Waals surface area contributed by atoms with Crippen LogP contribution in [-0.2, 0) is 0 Å². The summed E-state index contributed by atoms with van der Waals surface area (Å²) in [6, 6.07) is 5.84. The lowest BCUT2D eigenvalue weighted by Gasteiger charge is -2.23. The number of rotatable bonds is 5. The first-order valence-electron chi connectivity index (χ1n) is 6.61. The number of likely N-dealkylation sites (tertiary alicyclic amines) is 1. The average Bonchev–Trinajstić information content (AvgIpc) is 2.88. The van der Waals surface area contributed by atoms with Crippen molar-refractivity contribution in [2.45, 2.75) is 12.8 Å². The van der Waals surface area contributed by atoms with Gasteiger partial charge in [-0.2, -0.15) is 0 Å². The van der Waals surface area contributed by atoms with Crippen LogP contribution in [0.25, 0.3) is 0 Å². The number of nitrogens with zero attached hydrogens (tertiary/aromatic N) is 2. The van der Waals surface area contributed by atoms with Crippen molar-refractivity contribution in [3.8, 4) is 0 Å². The molecule has 3 nitrogen and oxygen atoms in total. The third-order valence-corrected chi connectivity index (χ3v) is 4.14. The number of hydrogen-bond acceptors (Lipinski definition) is 3. The van der Waals surface area contributed by atoms with Gasteiger partial charge in [-0.1, -0.05) is 23.8 Å². The maximum atomic E-state index is 6.19. The van der Waals surface area contributed by atoms with Crippen molar-refractivity contribution in [2.75, 3.05) is 38.1 Å². The van der Waals surface area contributed by atoms with E-state index in [0.29, 0.717) is 10.0 Å². The number of nitrogens with two attached hydrogens (primary N) is 1. The summed E-state index contributed by atoms with van der Waals surface area (Å²) < 4.78 is 0. The first-order valence-corrected chi connectivity index (χ1v) is 7.39. The number of likely N-dealkylation sites (N-methyl/N-ethyl adjacent to an activating group) is 1. The predicted molar refractivity (Wildman–Crippen MR) is 86.3 cm³/mol. The lowest BCUT2D eigenvalue weighted by Crippen LogP contribution is -2.31. The Morgan fingerprint density at radius 3 is 2.68 bits per heavy atom. The Morgan fingerprint density at radius 1 is 1.42 bits per heavy atom. The molecular weight excluding hydrogens is 278 g/mol. The normalized spacial score (nSPS) is 15.7. The van der Waals surface area contributed by atoms with Crippen LogP contribution < -0.4 is 10.6 Å². The second-order valence-corrected chi connectivity index (χ2v) is 5.85. The first-order chi connectivity index (χ1) is 9.08. The summed E-state index contributed by atoms with van der Waals surface area (Å²) in [5.74, 6) is 0. The van der Waals surface area contributed by atoms with Crippen LogP contribution in [0.2, 0.25) is 5.02 Å². The molecule has 1 saturated heterocycles. The Morgan fingerprint density at radius 2 is 2.11 bits per heavy atom. The van der Waals surface area contributed by atoms with Gasteiger partial charge in [-0.15, -0.1) is 0 Å². The summed E-state index contributed by atoms with van der Waals surface area (Å²) in [6.07, 6.45) is 2.66. The molecule has 1 heterocycles. The Kier molecular flexibility index (Phi) is 5.02. The number of halogens is 1. The standard InChI is InChI=1S/C14H20ClN3S/c1-17(8-9-18-6-2-3-7-18)11-4-5-12(14(16)19)13(15)10-11/h4-5,10H,2-3,6-9H2,1H3,(H2,16,19). The van der Waals surface area contributed by atoms with Crippen molar-refractivity contribution in [1.82, 2.24) is 4.90 Å². The molecule has 1 fully saturated rings. The van der Waals surface area contributed by atoms with Gasteiger partial charge in [0.15, 0.2) is 0 Å². The molecule has 19 heavy (non-hydrogen) atoms. The summed E-state index contributed by atoms with van der Waals surface area (Å²) >= 11 is 11.1. The number of hydrogen-bond donors (Lipinski definition) is 1. The molecule has 0 saturated carbocycles. The van der Waals surface area contributed by atoms with Crippen molar-refractivity contribution in [3.05, 3.63) is 28.8 Å². The fraction of sp³-hybridized carbons (Fsp3) is 0.500. The average molecular weight is 298 g/mol. The maximum Gasteiger partial charge on any atom is 0.105 e. The zero-order valence-electron chi connectivity index (χ0n) is 11.2. The van der Waals surface area contributed by atoms with E-state index in [2.05, 4.69) is 16.8 Å². The fourth-order valence-electron chi connectivity index (χ4n) is 2.37. The van der Waals surface area contributed by atoms with Gasteiger partial charge in [0.2, 0.25) is 0 Å². The van der Waals surface area contributed by atoms with Crippen LogP contribution in [0.3, 0.4) is 0 Å². The van der Waals surface area contributed by atoms with E-state index >= 15 is 0 Å². The molecule has 5 heteroatoms. The molecular formula is C14H20ClN3S. The highest BCUT2D eigenvalue weighted by Gasteiger charge is 2.12. The first kappa shape index (κ1) is 14.6. The van der Waals surface area contributed by atoms with Crippen LogP contribution >= 0.6 is 23.8 Å². The number of thiocarbonyl (C=S) groups is 1. The Labute approximate surface area is 125 Å². The molecule has 0 spiro atoms. The lowest BCUT2D eigenvalue weighted by atomic mass is 10.2. The van der Waals surface area contributed by atoms with Crippen LogP contribution in [0, 0.1) is 0 Å². The number of anilines is 1. The van der Waals surface area contributed by atoms with Gasteiger partial charge < -0.3 is 15.5 Å². The molecule has 0 aromatic heterocycles. The molecule has 0 atom stereocenters. The van der Waals surface area contributed by atoms with Crippen LogP contribution in [0.5, 0.6) is 0 Å². The van der Waals surface area contributed by atoms with E-state index in [4.69, 9.17) is 29.6 Å². The summed E-state index contributed by atoms with van der Waals surface area (Å²) in [6.45, 7) is 4.57. The Balaban J connectivity index is 1.96. The van der Waals surface area contributed by atoms with Crippen molar-refractivity contribution in [3.63, 3.8) is 0 Å². The van der Waals surface area contributed by atoms with E-state index in [0.717, 1.165) is 24.3 Å². The molecule has 1 aliphatic rings. The van der Waals surface area contributed by atoms with Gasteiger partial charge in [0, 0.05) is 31.4 Å². The van der Waals surface area contributed by atoms with Gasteiger partial charge in [-0.05, 0) is 44.1 Å². The highest BCUT2D eigenvalue weighted by molar-refractivity contribution is 7.80. The van der Waals surface area contributed by atoms with E-state index < -0.39 is 0 Å². The molecule has 2 rings (SSSR count).